The number of aromatic nitrogens is 3. The molecule has 0 amide bonds. The Kier molecular flexibility index (Phi) is 4.14. The van der Waals surface area contributed by atoms with Crippen molar-refractivity contribution in [2.45, 2.75) is 26.9 Å². The summed E-state index contributed by atoms with van der Waals surface area (Å²) in [6.07, 6.45) is 1.82. The molecule has 0 radical (unpaired) electrons. The van der Waals surface area contributed by atoms with Crippen molar-refractivity contribution >= 4 is 15.9 Å². The van der Waals surface area contributed by atoms with Gasteiger partial charge in [-0.05, 0) is 49.0 Å². The number of aryl methyl sites for hydroxylation is 1. The molecular weight excluding hydrogens is 292 g/mol. The molecule has 0 aromatic carbocycles. The van der Waals surface area contributed by atoms with Gasteiger partial charge in [0.05, 0.1) is 17.9 Å². The first-order valence-corrected chi connectivity index (χ1v) is 6.69. The molecule has 0 atom stereocenters. The minimum Gasteiger partial charge on any atom is -0.316 e. The summed E-state index contributed by atoms with van der Waals surface area (Å²) in [4.78, 5) is 4.38. The zero-order valence-electron chi connectivity index (χ0n) is 10.9. The highest BCUT2D eigenvalue weighted by Crippen LogP contribution is 2.14. The molecule has 2 rings (SSSR count). The van der Waals surface area contributed by atoms with E-state index in [1.54, 1.807) is 0 Å². The van der Waals surface area contributed by atoms with Crippen molar-refractivity contribution < 1.29 is 0 Å². The highest BCUT2D eigenvalue weighted by molar-refractivity contribution is 9.10. The van der Waals surface area contributed by atoms with Gasteiger partial charge in [-0.15, -0.1) is 0 Å². The van der Waals surface area contributed by atoms with Crippen molar-refractivity contribution in [2.24, 2.45) is 0 Å². The summed E-state index contributed by atoms with van der Waals surface area (Å²) in [6.45, 7) is 5.71. The van der Waals surface area contributed by atoms with Gasteiger partial charge in [-0.25, -0.2) is 0 Å². The van der Waals surface area contributed by atoms with Gasteiger partial charge in [0, 0.05) is 28.5 Å². The van der Waals surface area contributed by atoms with Crippen LogP contribution >= 0.6 is 15.9 Å². The normalized spacial score (nSPS) is 10.9. The van der Waals surface area contributed by atoms with Gasteiger partial charge in [-0.3, -0.25) is 9.67 Å². The predicted molar refractivity (Wildman–Crippen MR) is 75.5 cm³/mol. The molecule has 2 aromatic rings. The molecule has 4 nitrogen and oxygen atoms in total. The first-order valence-electron chi connectivity index (χ1n) is 5.89. The fourth-order valence-electron chi connectivity index (χ4n) is 1.97. The fraction of sp³-hybridized carbons (Fsp3) is 0.385. The second-order valence-electron chi connectivity index (χ2n) is 4.31. The van der Waals surface area contributed by atoms with Gasteiger partial charge < -0.3 is 5.32 Å². The Hall–Kier alpha value is -1.20. The maximum Gasteiger partial charge on any atom is 0.0834 e. The third kappa shape index (κ3) is 2.79. The second kappa shape index (κ2) is 5.63. The van der Waals surface area contributed by atoms with Gasteiger partial charge >= 0.3 is 0 Å². The van der Waals surface area contributed by atoms with Gasteiger partial charge in [0.15, 0.2) is 0 Å². The minimum atomic E-state index is 0.712. The highest BCUT2D eigenvalue weighted by atomic mass is 79.9. The van der Waals surface area contributed by atoms with Crippen LogP contribution in [-0.4, -0.2) is 21.8 Å². The van der Waals surface area contributed by atoms with E-state index in [9.17, 15) is 0 Å². The molecule has 0 saturated carbocycles. The third-order valence-electron chi connectivity index (χ3n) is 2.99. The van der Waals surface area contributed by atoms with E-state index in [2.05, 4.69) is 38.3 Å². The van der Waals surface area contributed by atoms with E-state index >= 15 is 0 Å². The van der Waals surface area contributed by atoms with Crippen molar-refractivity contribution in [3.63, 3.8) is 0 Å². The number of nitrogens with one attached hydrogen (secondary N) is 1. The molecule has 5 heteroatoms. The van der Waals surface area contributed by atoms with E-state index in [4.69, 9.17) is 0 Å². The smallest absolute Gasteiger partial charge is 0.0834 e. The van der Waals surface area contributed by atoms with E-state index in [1.165, 1.54) is 11.3 Å². The number of halogens is 1. The number of hydrogen-bond donors (Lipinski definition) is 1. The minimum absolute atomic E-state index is 0.712. The number of hydrogen-bond acceptors (Lipinski definition) is 3. The molecule has 2 aromatic heterocycles. The van der Waals surface area contributed by atoms with E-state index in [1.807, 2.05) is 37.0 Å². The molecule has 96 valence electrons. The molecule has 0 saturated heterocycles. The van der Waals surface area contributed by atoms with Gasteiger partial charge in [-0.1, -0.05) is 0 Å². The van der Waals surface area contributed by atoms with Crippen molar-refractivity contribution in [3.05, 3.63) is 45.4 Å². The van der Waals surface area contributed by atoms with Crippen molar-refractivity contribution in [2.75, 3.05) is 7.05 Å². The summed E-state index contributed by atoms with van der Waals surface area (Å²) in [5.74, 6) is 0. The van der Waals surface area contributed by atoms with Crippen LogP contribution in [-0.2, 0) is 13.1 Å². The van der Waals surface area contributed by atoms with Gasteiger partial charge in [0.2, 0.25) is 0 Å². The highest BCUT2D eigenvalue weighted by Gasteiger charge is 2.11. The molecular formula is C13H17BrN4. The third-order valence-corrected chi connectivity index (χ3v) is 3.45. The summed E-state index contributed by atoms with van der Waals surface area (Å²) in [5.41, 5.74) is 4.57. The molecule has 0 bridgehead atoms. The van der Waals surface area contributed by atoms with Crippen LogP contribution in [0, 0.1) is 13.8 Å². The Morgan fingerprint density at radius 3 is 2.72 bits per heavy atom. The first kappa shape index (κ1) is 13.2. The summed E-state index contributed by atoms with van der Waals surface area (Å²) in [6, 6.07) is 4.01. The largest absolute Gasteiger partial charge is 0.316 e. The van der Waals surface area contributed by atoms with E-state index < -0.39 is 0 Å². The summed E-state index contributed by atoms with van der Waals surface area (Å²) >= 11 is 3.39. The fourth-order valence-corrected chi connectivity index (χ4v) is 2.21. The molecule has 0 aliphatic carbocycles. The zero-order valence-corrected chi connectivity index (χ0v) is 12.5. The van der Waals surface area contributed by atoms with Gasteiger partial charge in [-0.2, -0.15) is 5.10 Å². The molecule has 0 spiro atoms. The lowest BCUT2D eigenvalue weighted by molar-refractivity contribution is 0.645. The Bertz CT molecular complexity index is 531. The number of nitrogens with zero attached hydrogens (tertiary/aromatic N) is 3. The standard InChI is InChI=1S/C13H17BrN4/c1-9-13(7-15-3)10(2)18(17-9)8-12-5-4-11(14)6-16-12/h4-6,15H,7-8H2,1-3H3. The Labute approximate surface area is 116 Å². The summed E-state index contributed by atoms with van der Waals surface area (Å²) < 4.78 is 3.01. The molecule has 0 fully saturated rings. The Morgan fingerprint density at radius 1 is 1.33 bits per heavy atom. The van der Waals surface area contributed by atoms with Crippen LogP contribution in [0.5, 0.6) is 0 Å². The average molecular weight is 309 g/mol. The first-order chi connectivity index (χ1) is 8.61. The van der Waals surface area contributed by atoms with Crippen molar-refractivity contribution in [1.29, 1.82) is 0 Å². The topological polar surface area (TPSA) is 42.7 Å². The van der Waals surface area contributed by atoms with Crippen LogP contribution < -0.4 is 5.32 Å². The van der Waals surface area contributed by atoms with Crippen LogP contribution in [0.1, 0.15) is 22.6 Å². The number of rotatable bonds is 4. The zero-order chi connectivity index (χ0) is 13.1. The monoisotopic (exact) mass is 308 g/mol. The van der Waals surface area contributed by atoms with Crippen molar-refractivity contribution in [1.82, 2.24) is 20.1 Å². The maximum absolute atomic E-state index is 4.57. The second-order valence-corrected chi connectivity index (χ2v) is 5.22. The van der Waals surface area contributed by atoms with E-state index in [0.29, 0.717) is 6.54 Å². The van der Waals surface area contributed by atoms with E-state index in [0.717, 1.165) is 22.4 Å². The van der Waals surface area contributed by atoms with Gasteiger partial charge in [0.25, 0.3) is 0 Å². The lowest BCUT2D eigenvalue weighted by Crippen LogP contribution is -2.08. The van der Waals surface area contributed by atoms with Crippen LogP contribution in [0.25, 0.3) is 0 Å². The average Bonchev–Trinajstić information content (AvgIpc) is 2.60. The lowest BCUT2D eigenvalue weighted by atomic mass is 10.2. The Morgan fingerprint density at radius 2 is 2.11 bits per heavy atom. The molecule has 1 N–H and O–H groups in total. The Balaban J connectivity index is 2.24. The lowest BCUT2D eigenvalue weighted by Gasteiger charge is -2.05. The summed E-state index contributed by atoms with van der Waals surface area (Å²) in [7, 11) is 1.95. The summed E-state index contributed by atoms with van der Waals surface area (Å²) in [5, 5.41) is 7.75. The van der Waals surface area contributed by atoms with E-state index in [-0.39, 0.29) is 0 Å². The molecule has 0 aliphatic rings. The van der Waals surface area contributed by atoms with Gasteiger partial charge in [0.1, 0.15) is 0 Å². The van der Waals surface area contributed by atoms with Crippen molar-refractivity contribution in [3.8, 4) is 0 Å². The van der Waals surface area contributed by atoms with Crippen LogP contribution in [0.15, 0.2) is 22.8 Å². The van der Waals surface area contributed by atoms with Crippen LogP contribution in [0.3, 0.4) is 0 Å². The quantitative estimate of drug-likeness (QED) is 0.943. The maximum atomic E-state index is 4.57. The predicted octanol–water partition coefficient (Wildman–Crippen LogP) is 2.43. The van der Waals surface area contributed by atoms with Crippen LogP contribution in [0.2, 0.25) is 0 Å². The molecule has 0 aliphatic heterocycles. The molecule has 0 unspecified atom stereocenters. The SMILES string of the molecule is CNCc1c(C)nn(Cc2ccc(Br)cn2)c1C. The molecule has 18 heavy (non-hydrogen) atoms. The van der Waals surface area contributed by atoms with Crippen LogP contribution in [0.4, 0.5) is 0 Å². The number of pyridine rings is 1. The molecule has 2 heterocycles.